The summed E-state index contributed by atoms with van der Waals surface area (Å²) in [6, 6.07) is 20.2. The summed E-state index contributed by atoms with van der Waals surface area (Å²) < 4.78 is 11.8. The fraction of sp³-hybridized carbons (Fsp3) is 0.412. The first-order valence-electron chi connectivity index (χ1n) is 15.3. The number of hydrogen-bond acceptors (Lipinski definition) is 6. The highest BCUT2D eigenvalue weighted by Gasteiger charge is 2.45. The predicted octanol–water partition coefficient (Wildman–Crippen LogP) is 7.08. The molecule has 2 atom stereocenters. The van der Waals surface area contributed by atoms with Gasteiger partial charge in [-0.25, -0.2) is 14.8 Å². The maximum absolute atomic E-state index is 14.8. The summed E-state index contributed by atoms with van der Waals surface area (Å²) in [5.74, 6) is 1.85. The molecule has 0 bridgehead atoms. The Morgan fingerprint density at radius 2 is 1.41 bits per heavy atom. The fourth-order valence-electron chi connectivity index (χ4n) is 6.33. The lowest BCUT2D eigenvalue weighted by molar-refractivity contribution is -0.0341. The third-order valence-electron chi connectivity index (χ3n) is 8.50. The maximum atomic E-state index is 14.8. The molecule has 3 aromatic carbocycles. The summed E-state index contributed by atoms with van der Waals surface area (Å²) in [6.07, 6.45) is 2.36. The van der Waals surface area contributed by atoms with Crippen molar-refractivity contribution in [1.29, 1.82) is 0 Å². The van der Waals surface area contributed by atoms with Crippen molar-refractivity contribution in [3.8, 4) is 11.5 Å². The molecule has 232 valence electrons. The van der Waals surface area contributed by atoms with Crippen molar-refractivity contribution in [3.63, 3.8) is 0 Å². The van der Waals surface area contributed by atoms with Gasteiger partial charge in [-0.05, 0) is 74.2 Å². The molecular weight excluding hydrogens is 597 g/mol. The van der Waals surface area contributed by atoms with Crippen LogP contribution in [-0.2, 0) is 0 Å². The first kappa shape index (κ1) is 30.7. The van der Waals surface area contributed by atoms with Crippen molar-refractivity contribution in [2.24, 2.45) is 4.99 Å². The minimum absolute atomic E-state index is 0.0763. The molecule has 0 spiro atoms. The van der Waals surface area contributed by atoms with Gasteiger partial charge >= 0.3 is 6.03 Å². The van der Waals surface area contributed by atoms with Crippen molar-refractivity contribution in [2.75, 3.05) is 46.4 Å². The van der Waals surface area contributed by atoms with Crippen molar-refractivity contribution >= 4 is 35.1 Å². The third-order valence-corrected chi connectivity index (χ3v) is 9.00. The molecular formula is C34H39Cl2N5O3. The average Bonchev–Trinajstić information content (AvgIpc) is 3.71. The number of carbonyl (C=O) groups excluding carboxylic acids is 1. The van der Waals surface area contributed by atoms with E-state index in [-0.39, 0.29) is 18.2 Å². The number of halogens is 2. The Balaban J connectivity index is 1.44. The number of ether oxygens (including phenoxy) is 2. The van der Waals surface area contributed by atoms with E-state index >= 15 is 0 Å². The van der Waals surface area contributed by atoms with Gasteiger partial charge in [0.15, 0.2) is 0 Å². The standard InChI is InChI=1S/C34H39Cl2N5O3/c1-23(2)44-30-22-28(43-3)14-15-29(30)33-37-31(24-6-10-26(35)11-7-24)32(25-8-12-27(36)13-9-25)41(33)34(42)38-18-20-40(21-19-38)39-16-4-5-17-39/h6-15,22-23,31-32H,4-5,16-21H2,1-3H3. The number of amidine groups is 1. The highest BCUT2D eigenvalue weighted by atomic mass is 35.5. The number of aliphatic imine (C=N–C) groups is 1. The number of benzene rings is 3. The highest BCUT2D eigenvalue weighted by Crippen LogP contribution is 2.46. The molecule has 2 unspecified atom stereocenters. The van der Waals surface area contributed by atoms with Gasteiger partial charge in [0.05, 0.1) is 24.8 Å². The Bertz CT molecular complexity index is 1480. The van der Waals surface area contributed by atoms with Crippen LogP contribution in [0.4, 0.5) is 4.79 Å². The lowest BCUT2D eigenvalue weighted by Crippen LogP contribution is -2.57. The van der Waals surface area contributed by atoms with Crippen LogP contribution >= 0.6 is 23.2 Å². The van der Waals surface area contributed by atoms with E-state index in [9.17, 15) is 4.79 Å². The van der Waals surface area contributed by atoms with Gasteiger partial charge in [0, 0.05) is 55.4 Å². The number of urea groups is 1. The monoisotopic (exact) mass is 635 g/mol. The van der Waals surface area contributed by atoms with Crippen LogP contribution < -0.4 is 9.47 Å². The van der Waals surface area contributed by atoms with E-state index in [4.69, 9.17) is 37.7 Å². The molecule has 3 aromatic rings. The van der Waals surface area contributed by atoms with Crippen LogP contribution in [0.15, 0.2) is 71.7 Å². The Morgan fingerprint density at radius 3 is 2.00 bits per heavy atom. The molecule has 2 fully saturated rings. The van der Waals surface area contributed by atoms with Gasteiger partial charge in [0.25, 0.3) is 0 Å². The Morgan fingerprint density at radius 1 is 0.818 bits per heavy atom. The van der Waals surface area contributed by atoms with Crippen LogP contribution in [0, 0.1) is 0 Å². The summed E-state index contributed by atoms with van der Waals surface area (Å²) in [5.41, 5.74) is 2.64. The number of carbonyl (C=O) groups is 1. The molecule has 2 amide bonds. The van der Waals surface area contributed by atoms with Gasteiger partial charge < -0.3 is 14.4 Å². The zero-order valence-electron chi connectivity index (χ0n) is 25.5. The van der Waals surface area contributed by atoms with Crippen LogP contribution in [0.25, 0.3) is 0 Å². The van der Waals surface area contributed by atoms with Crippen LogP contribution in [0.5, 0.6) is 11.5 Å². The quantitative estimate of drug-likeness (QED) is 0.278. The number of amides is 2. The smallest absolute Gasteiger partial charge is 0.326 e. The number of methoxy groups -OCH3 is 1. The first-order valence-corrected chi connectivity index (χ1v) is 16.1. The van der Waals surface area contributed by atoms with Crippen molar-refractivity contribution in [3.05, 3.63) is 93.5 Å². The summed E-state index contributed by atoms with van der Waals surface area (Å²) in [6.45, 7) is 9.03. The zero-order chi connectivity index (χ0) is 30.8. The molecule has 44 heavy (non-hydrogen) atoms. The predicted molar refractivity (Wildman–Crippen MR) is 175 cm³/mol. The molecule has 3 aliphatic heterocycles. The normalized spacial score (nSPS) is 21.2. The largest absolute Gasteiger partial charge is 0.497 e. The topological polar surface area (TPSA) is 60.9 Å². The van der Waals surface area contributed by atoms with E-state index in [1.165, 1.54) is 12.8 Å². The minimum Gasteiger partial charge on any atom is -0.497 e. The van der Waals surface area contributed by atoms with Gasteiger partial charge in [0.2, 0.25) is 0 Å². The van der Waals surface area contributed by atoms with Crippen LogP contribution in [0.1, 0.15) is 55.5 Å². The van der Waals surface area contributed by atoms with Gasteiger partial charge in [-0.15, -0.1) is 0 Å². The lowest BCUT2D eigenvalue weighted by Gasteiger charge is -2.41. The molecule has 8 nitrogen and oxygen atoms in total. The Hall–Kier alpha value is -3.30. The maximum Gasteiger partial charge on any atom is 0.326 e. The second kappa shape index (κ2) is 13.4. The summed E-state index contributed by atoms with van der Waals surface area (Å²) >= 11 is 12.6. The highest BCUT2D eigenvalue weighted by molar-refractivity contribution is 6.30. The molecule has 0 saturated carbocycles. The molecule has 0 radical (unpaired) electrons. The molecule has 3 aliphatic rings. The van der Waals surface area contributed by atoms with Crippen molar-refractivity contribution < 1.29 is 14.3 Å². The van der Waals surface area contributed by atoms with Crippen LogP contribution in [-0.4, -0.2) is 84.2 Å². The van der Waals surface area contributed by atoms with Gasteiger partial charge in [-0.3, -0.25) is 9.89 Å². The minimum atomic E-state index is -0.415. The van der Waals surface area contributed by atoms with Crippen molar-refractivity contribution in [1.82, 2.24) is 19.8 Å². The molecule has 0 N–H and O–H groups in total. The van der Waals surface area contributed by atoms with Crippen LogP contribution in [0.3, 0.4) is 0 Å². The molecule has 3 heterocycles. The third kappa shape index (κ3) is 6.40. The Kier molecular flexibility index (Phi) is 9.33. The summed E-state index contributed by atoms with van der Waals surface area (Å²) in [4.78, 5) is 23.9. The van der Waals surface area contributed by atoms with Crippen molar-refractivity contribution in [2.45, 2.75) is 44.9 Å². The molecule has 0 aromatic heterocycles. The SMILES string of the molecule is COc1ccc(C2=NC(c3ccc(Cl)cc3)C(c3ccc(Cl)cc3)N2C(=O)N2CCN(N3CCCC3)CC2)c(OC(C)C)c1. The van der Waals surface area contributed by atoms with E-state index in [0.29, 0.717) is 40.5 Å². The first-order chi connectivity index (χ1) is 21.3. The average molecular weight is 637 g/mol. The van der Waals surface area contributed by atoms with Gasteiger partial charge in [0.1, 0.15) is 23.4 Å². The Labute approximate surface area is 269 Å². The van der Waals surface area contributed by atoms with Gasteiger partial charge in [-0.2, -0.15) is 0 Å². The number of rotatable bonds is 7. The molecule has 10 heteroatoms. The zero-order valence-corrected chi connectivity index (χ0v) is 27.0. The number of hydrazine groups is 1. The second-order valence-corrected chi connectivity index (χ2v) is 12.6. The number of hydrogen-bond donors (Lipinski definition) is 0. The molecule has 2 saturated heterocycles. The second-order valence-electron chi connectivity index (χ2n) is 11.7. The number of piperazine rings is 1. The van der Waals surface area contributed by atoms with Crippen LogP contribution in [0.2, 0.25) is 10.0 Å². The van der Waals surface area contributed by atoms with E-state index in [0.717, 1.165) is 42.9 Å². The van der Waals surface area contributed by atoms with E-state index in [1.807, 2.05) is 90.4 Å². The lowest BCUT2D eigenvalue weighted by atomic mass is 9.93. The van der Waals surface area contributed by atoms with E-state index in [2.05, 4.69) is 10.0 Å². The number of nitrogens with zero attached hydrogens (tertiary/aromatic N) is 5. The summed E-state index contributed by atoms with van der Waals surface area (Å²) in [5, 5.41) is 6.12. The van der Waals surface area contributed by atoms with Gasteiger partial charge in [-0.1, -0.05) is 47.5 Å². The molecule has 0 aliphatic carbocycles. The fourth-order valence-corrected chi connectivity index (χ4v) is 6.58. The van der Waals surface area contributed by atoms with E-state index in [1.54, 1.807) is 7.11 Å². The molecule has 6 rings (SSSR count). The van der Waals surface area contributed by atoms with E-state index < -0.39 is 6.04 Å². The summed E-state index contributed by atoms with van der Waals surface area (Å²) in [7, 11) is 1.63.